The molecule has 1 amide bonds. The van der Waals surface area contributed by atoms with Gasteiger partial charge in [0, 0.05) is 43.8 Å². The summed E-state index contributed by atoms with van der Waals surface area (Å²) >= 11 is 5.91. The number of aromatic nitrogens is 1. The molecule has 0 atom stereocenters. The molecule has 1 aromatic carbocycles. The molecule has 0 saturated carbocycles. The van der Waals surface area contributed by atoms with Crippen LogP contribution in [0, 0.1) is 6.92 Å². The van der Waals surface area contributed by atoms with Gasteiger partial charge in [-0.1, -0.05) is 22.8 Å². The first kappa shape index (κ1) is 19.7. The van der Waals surface area contributed by atoms with E-state index in [9.17, 15) is 4.79 Å². The minimum Gasteiger partial charge on any atom is -0.492 e. The smallest absolute Gasteiger partial charge is 0.234 e. The first-order chi connectivity index (χ1) is 13.1. The summed E-state index contributed by atoms with van der Waals surface area (Å²) in [5, 5.41) is 7.56. The maximum atomic E-state index is 12.1. The van der Waals surface area contributed by atoms with E-state index in [4.69, 9.17) is 20.9 Å². The molecule has 3 rings (SSSR count). The van der Waals surface area contributed by atoms with Crippen LogP contribution in [0.4, 0.5) is 0 Å². The number of hydrogen-bond acceptors (Lipinski definition) is 6. The normalized spacial score (nSPS) is 15.6. The number of amides is 1. The molecule has 1 fully saturated rings. The molecular weight excluding hydrogens is 368 g/mol. The molecule has 0 radical (unpaired) electrons. The summed E-state index contributed by atoms with van der Waals surface area (Å²) in [6.45, 7) is 7.54. The first-order valence-electron chi connectivity index (χ1n) is 9.10. The van der Waals surface area contributed by atoms with Gasteiger partial charge in [-0.2, -0.15) is 0 Å². The molecule has 1 aromatic heterocycles. The van der Waals surface area contributed by atoms with E-state index < -0.39 is 0 Å². The fraction of sp³-hybridized carbons (Fsp3) is 0.474. The van der Waals surface area contributed by atoms with E-state index in [-0.39, 0.29) is 5.91 Å². The molecule has 1 N–H and O–H groups in total. The molecule has 8 heteroatoms. The van der Waals surface area contributed by atoms with Gasteiger partial charge in [-0.3, -0.25) is 14.6 Å². The molecule has 0 bridgehead atoms. The molecule has 0 unspecified atom stereocenters. The number of carbonyl (C=O) groups is 1. The van der Waals surface area contributed by atoms with Gasteiger partial charge in [-0.15, -0.1) is 0 Å². The number of piperazine rings is 1. The number of benzene rings is 1. The first-order valence-corrected chi connectivity index (χ1v) is 9.48. The van der Waals surface area contributed by atoms with Crippen molar-refractivity contribution < 1.29 is 14.1 Å². The summed E-state index contributed by atoms with van der Waals surface area (Å²) in [5.74, 6) is 1.56. The highest BCUT2D eigenvalue weighted by Gasteiger charge is 2.19. The molecule has 1 aliphatic heterocycles. The molecule has 146 valence electrons. The molecule has 0 spiro atoms. The van der Waals surface area contributed by atoms with E-state index in [1.165, 1.54) is 0 Å². The van der Waals surface area contributed by atoms with Crippen molar-refractivity contribution in [1.29, 1.82) is 0 Å². The predicted molar refractivity (Wildman–Crippen MR) is 103 cm³/mol. The topological polar surface area (TPSA) is 70.8 Å². The van der Waals surface area contributed by atoms with Crippen molar-refractivity contribution in [2.24, 2.45) is 0 Å². The van der Waals surface area contributed by atoms with Gasteiger partial charge in [0.25, 0.3) is 0 Å². The minimum atomic E-state index is 0.0188. The molecule has 2 aromatic rings. The van der Waals surface area contributed by atoms with Gasteiger partial charge in [-0.05, 0) is 25.1 Å². The molecule has 1 aliphatic rings. The molecular formula is C19H25ClN4O3. The lowest BCUT2D eigenvalue weighted by Crippen LogP contribution is -2.49. The number of carbonyl (C=O) groups excluding carboxylic acids is 1. The van der Waals surface area contributed by atoms with Crippen molar-refractivity contribution in [2.45, 2.75) is 13.5 Å². The van der Waals surface area contributed by atoms with Crippen LogP contribution in [0.3, 0.4) is 0 Å². The lowest BCUT2D eigenvalue weighted by atomic mass is 10.2. The molecule has 27 heavy (non-hydrogen) atoms. The Hall–Kier alpha value is -2.09. The number of halogens is 1. The summed E-state index contributed by atoms with van der Waals surface area (Å²) in [6.07, 6.45) is 0. The highest BCUT2D eigenvalue weighted by atomic mass is 35.5. The Kier molecular flexibility index (Phi) is 7.09. The van der Waals surface area contributed by atoms with Gasteiger partial charge >= 0.3 is 0 Å². The third-order valence-electron chi connectivity index (χ3n) is 4.38. The zero-order valence-corrected chi connectivity index (χ0v) is 16.2. The maximum absolute atomic E-state index is 12.1. The largest absolute Gasteiger partial charge is 0.492 e. The fourth-order valence-electron chi connectivity index (χ4n) is 3.00. The highest BCUT2D eigenvalue weighted by molar-refractivity contribution is 6.30. The van der Waals surface area contributed by atoms with Gasteiger partial charge in [0.1, 0.15) is 18.1 Å². The van der Waals surface area contributed by atoms with E-state index in [0.717, 1.165) is 44.2 Å². The Labute approximate surface area is 164 Å². The standard InChI is InChI=1S/C19H25ClN4O3/c1-15-11-17(22-27-15)13-23-6-8-24(9-7-23)14-19(25)21-5-10-26-18-4-2-3-16(20)12-18/h2-4,11-12H,5-10,13-14H2,1H3,(H,21,25). The van der Waals surface area contributed by atoms with Crippen LogP contribution in [-0.4, -0.2) is 66.7 Å². The van der Waals surface area contributed by atoms with Crippen LogP contribution in [0.1, 0.15) is 11.5 Å². The van der Waals surface area contributed by atoms with E-state index >= 15 is 0 Å². The molecule has 1 saturated heterocycles. The second-order valence-electron chi connectivity index (χ2n) is 6.64. The summed E-state index contributed by atoms with van der Waals surface area (Å²) < 4.78 is 10.7. The maximum Gasteiger partial charge on any atom is 0.234 e. The Morgan fingerprint density at radius 2 is 2.04 bits per heavy atom. The number of aryl methyl sites for hydroxylation is 1. The minimum absolute atomic E-state index is 0.0188. The van der Waals surface area contributed by atoms with Gasteiger partial charge in [0.15, 0.2) is 0 Å². The van der Waals surface area contributed by atoms with E-state index in [0.29, 0.717) is 30.5 Å². The highest BCUT2D eigenvalue weighted by Crippen LogP contribution is 2.16. The van der Waals surface area contributed by atoms with Crippen molar-refractivity contribution in [2.75, 3.05) is 45.9 Å². The molecule has 0 aliphatic carbocycles. The number of rotatable bonds is 8. The van der Waals surface area contributed by atoms with Crippen LogP contribution in [0.25, 0.3) is 0 Å². The van der Waals surface area contributed by atoms with Gasteiger partial charge in [0.05, 0.1) is 18.8 Å². The number of nitrogens with zero attached hydrogens (tertiary/aromatic N) is 3. The lowest BCUT2D eigenvalue weighted by molar-refractivity contribution is -0.122. The molecule has 7 nitrogen and oxygen atoms in total. The summed E-state index contributed by atoms with van der Waals surface area (Å²) in [7, 11) is 0. The van der Waals surface area contributed by atoms with Crippen molar-refractivity contribution in [3.63, 3.8) is 0 Å². The third kappa shape index (κ3) is 6.53. The van der Waals surface area contributed by atoms with Crippen molar-refractivity contribution in [3.8, 4) is 5.75 Å². The van der Waals surface area contributed by atoms with Crippen LogP contribution in [0.15, 0.2) is 34.9 Å². The van der Waals surface area contributed by atoms with Crippen molar-refractivity contribution in [3.05, 3.63) is 46.8 Å². The van der Waals surface area contributed by atoms with Gasteiger partial charge in [0.2, 0.25) is 5.91 Å². The predicted octanol–water partition coefficient (Wildman–Crippen LogP) is 1.95. The quantitative estimate of drug-likeness (QED) is 0.692. The Morgan fingerprint density at radius 3 is 2.74 bits per heavy atom. The number of hydrogen-bond donors (Lipinski definition) is 1. The van der Waals surface area contributed by atoms with Crippen LogP contribution in [0.5, 0.6) is 5.75 Å². The van der Waals surface area contributed by atoms with Gasteiger partial charge in [-0.25, -0.2) is 0 Å². The SMILES string of the molecule is Cc1cc(CN2CCN(CC(=O)NCCOc3cccc(Cl)c3)CC2)no1. The van der Waals surface area contributed by atoms with E-state index in [2.05, 4.69) is 20.3 Å². The number of nitrogens with one attached hydrogen (secondary N) is 1. The average Bonchev–Trinajstić information content (AvgIpc) is 3.05. The van der Waals surface area contributed by atoms with Crippen LogP contribution < -0.4 is 10.1 Å². The van der Waals surface area contributed by atoms with Crippen LogP contribution >= 0.6 is 11.6 Å². The Balaban J connectivity index is 1.29. The Morgan fingerprint density at radius 1 is 1.26 bits per heavy atom. The summed E-state index contributed by atoms with van der Waals surface area (Å²) in [5.41, 5.74) is 0.957. The van der Waals surface area contributed by atoms with E-state index in [1.807, 2.05) is 25.1 Å². The van der Waals surface area contributed by atoms with Crippen LogP contribution in [0.2, 0.25) is 5.02 Å². The third-order valence-corrected chi connectivity index (χ3v) is 4.62. The zero-order valence-electron chi connectivity index (χ0n) is 15.5. The molecule has 2 heterocycles. The lowest BCUT2D eigenvalue weighted by Gasteiger charge is -2.33. The van der Waals surface area contributed by atoms with Gasteiger partial charge < -0.3 is 14.6 Å². The number of ether oxygens (including phenoxy) is 1. The second-order valence-corrected chi connectivity index (χ2v) is 7.07. The zero-order chi connectivity index (χ0) is 19.1. The van der Waals surface area contributed by atoms with Crippen molar-refractivity contribution in [1.82, 2.24) is 20.3 Å². The van der Waals surface area contributed by atoms with Crippen molar-refractivity contribution >= 4 is 17.5 Å². The second kappa shape index (κ2) is 9.73. The monoisotopic (exact) mass is 392 g/mol. The van der Waals surface area contributed by atoms with Crippen LogP contribution in [-0.2, 0) is 11.3 Å². The fourth-order valence-corrected chi connectivity index (χ4v) is 3.18. The van der Waals surface area contributed by atoms with E-state index in [1.54, 1.807) is 12.1 Å². The summed E-state index contributed by atoms with van der Waals surface area (Å²) in [6, 6.07) is 9.18. The average molecular weight is 393 g/mol. The summed E-state index contributed by atoms with van der Waals surface area (Å²) in [4.78, 5) is 16.6. The Bertz CT molecular complexity index is 744.